The van der Waals surface area contributed by atoms with Crippen LogP contribution in [0.4, 0.5) is 10.6 Å². The summed E-state index contributed by atoms with van der Waals surface area (Å²) in [5.41, 5.74) is 2.05. The van der Waals surface area contributed by atoms with Gasteiger partial charge in [0.1, 0.15) is 5.69 Å². The molecule has 2 aromatic rings. The van der Waals surface area contributed by atoms with Crippen LogP contribution in [0.1, 0.15) is 54.5 Å². The number of nitrogens with one attached hydrogen (secondary N) is 2. The third-order valence-corrected chi connectivity index (χ3v) is 7.30. The van der Waals surface area contributed by atoms with Crippen molar-refractivity contribution in [2.75, 3.05) is 44.7 Å². The third kappa shape index (κ3) is 4.52. The van der Waals surface area contributed by atoms with Crippen molar-refractivity contribution in [2.24, 2.45) is 5.92 Å². The number of H-pyrrole nitrogens is 1. The van der Waals surface area contributed by atoms with E-state index >= 15 is 0 Å². The summed E-state index contributed by atoms with van der Waals surface area (Å²) >= 11 is 0. The molecule has 2 atom stereocenters. The largest absolute Gasteiger partial charge is 0.381 e. The Labute approximate surface area is 199 Å². The van der Waals surface area contributed by atoms with E-state index in [0.29, 0.717) is 24.0 Å². The molecule has 0 radical (unpaired) electrons. The van der Waals surface area contributed by atoms with Crippen LogP contribution in [0.3, 0.4) is 0 Å². The zero-order chi connectivity index (χ0) is 23.7. The van der Waals surface area contributed by atoms with Gasteiger partial charge in [0.25, 0.3) is 5.91 Å². The summed E-state index contributed by atoms with van der Waals surface area (Å²) in [4.78, 5) is 36.5. The van der Waals surface area contributed by atoms with Gasteiger partial charge in [0.05, 0.1) is 18.3 Å². The summed E-state index contributed by atoms with van der Waals surface area (Å²) < 4.78 is 5.49. The van der Waals surface area contributed by atoms with E-state index < -0.39 is 0 Å². The predicted octanol–water partition coefficient (Wildman–Crippen LogP) is 2.49. The molecule has 2 saturated heterocycles. The number of rotatable bonds is 4. The van der Waals surface area contributed by atoms with Crippen molar-refractivity contribution in [2.45, 2.75) is 45.3 Å². The second-order valence-corrected chi connectivity index (χ2v) is 9.58. The standard InChI is InChI=1S/C24H33N7O3/c1-16-13-29(14-18-6-11-34-12-7-18)9-10-30(16)24(33)31-15-19-21(17(31)2)27-28-22(19)26-23(32)20-5-3-4-8-25-20/h3-5,8,16-18H,6-7,9-15H2,1-2H3,(H2,26,27,28,32). The fourth-order valence-electron chi connectivity index (χ4n) is 5.29. The molecule has 182 valence electrons. The average Bonchev–Trinajstić information content (AvgIpc) is 3.40. The monoisotopic (exact) mass is 467 g/mol. The number of urea groups is 1. The van der Waals surface area contributed by atoms with Gasteiger partial charge in [-0.3, -0.25) is 19.8 Å². The molecule has 34 heavy (non-hydrogen) atoms. The first-order chi connectivity index (χ1) is 16.5. The normalized spacial score (nSPS) is 23.7. The van der Waals surface area contributed by atoms with Crippen LogP contribution < -0.4 is 5.32 Å². The highest BCUT2D eigenvalue weighted by atomic mass is 16.5. The first-order valence-electron chi connectivity index (χ1n) is 12.2. The molecule has 2 unspecified atom stereocenters. The van der Waals surface area contributed by atoms with E-state index in [2.05, 4.69) is 32.3 Å². The number of ether oxygens (including phenoxy) is 1. The van der Waals surface area contributed by atoms with Crippen LogP contribution in [0.5, 0.6) is 0 Å². The molecular formula is C24H33N7O3. The molecule has 3 aliphatic heterocycles. The number of aromatic nitrogens is 3. The number of aromatic amines is 1. The Balaban J connectivity index is 1.20. The van der Waals surface area contributed by atoms with E-state index in [1.165, 1.54) is 0 Å². The van der Waals surface area contributed by atoms with Crippen molar-refractivity contribution in [3.05, 3.63) is 41.3 Å². The number of amides is 3. The molecule has 0 aromatic carbocycles. The predicted molar refractivity (Wildman–Crippen MR) is 126 cm³/mol. The van der Waals surface area contributed by atoms with Gasteiger partial charge in [-0.1, -0.05) is 6.07 Å². The van der Waals surface area contributed by atoms with Gasteiger partial charge in [0.2, 0.25) is 0 Å². The number of nitrogens with zero attached hydrogens (tertiary/aromatic N) is 5. The number of hydrogen-bond acceptors (Lipinski definition) is 6. The van der Waals surface area contributed by atoms with Crippen LogP contribution in [0, 0.1) is 5.92 Å². The Morgan fingerprint density at radius 2 is 2.00 bits per heavy atom. The Bertz CT molecular complexity index is 1020. The third-order valence-electron chi connectivity index (χ3n) is 7.30. The second-order valence-electron chi connectivity index (χ2n) is 9.58. The molecular weight excluding hydrogens is 434 g/mol. The highest BCUT2D eigenvalue weighted by Crippen LogP contribution is 2.37. The van der Waals surface area contributed by atoms with Crippen molar-refractivity contribution in [3.63, 3.8) is 0 Å². The second kappa shape index (κ2) is 9.71. The van der Waals surface area contributed by atoms with Gasteiger partial charge >= 0.3 is 6.03 Å². The number of carbonyl (C=O) groups is 2. The Morgan fingerprint density at radius 3 is 2.74 bits per heavy atom. The van der Waals surface area contributed by atoms with Crippen molar-refractivity contribution in [3.8, 4) is 0 Å². The maximum Gasteiger partial charge on any atom is 0.321 e. The molecule has 0 saturated carbocycles. The molecule has 2 fully saturated rings. The lowest BCUT2D eigenvalue weighted by Crippen LogP contribution is -2.57. The maximum atomic E-state index is 13.5. The number of piperazine rings is 1. The average molecular weight is 468 g/mol. The van der Waals surface area contributed by atoms with Crippen LogP contribution >= 0.6 is 0 Å². The van der Waals surface area contributed by atoms with Crippen LogP contribution in [0.25, 0.3) is 0 Å². The number of hydrogen-bond donors (Lipinski definition) is 2. The van der Waals surface area contributed by atoms with Gasteiger partial charge in [-0.2, -0.15) is 5.10 Å². The van der Waals surface area contributed by atoms with Crippen LogP contribution in [-0.4, -0.2) is 87.3 Å². The number of fused-ring (bicyclic) bond motifs is 1. The van der Waals surface area contributed by atoms with E-state index in [9.17, 15) is 9.59 Å². The first-order valence-corrected chi connectivity index (χ1v) is 12.2. The molecule has 3 amide bonds. The van der Waals surface area contributed by atoms with Crippen LogP contribution in [-0.2, 0) is 11.3 Å². The zero-order valence-corrected chi connectivity index (χ0v) is 19.9. The Hall–Kier alpha value is -2.98. The van der Waals surface area contributed by atoms with Crippen molar-refractivity contribution >= 4 is 17.8 Å². The minimum Gasteiger partial charge on any atom is -0.381 e. The minimum atomic E-state index is -0.318. The van der Waals surface area contributed by atoms with E-state index in [1.807, 2.05) is 16.7 Å². The molecule has 0 spiro atoms. The van der Waals surface area contributed by atoms with Gasteiger partial charge in [-0.25, -0.2) is 4.79 Å². The van der Waals surface area contributed by atoms with Gasteiger partial charge in [0, 0.05) is 57.2 Å². The molecule has 5 heterocycles. The van der Waals surface area contributed by atoms with E-state index in [-0.39, 0.29) is 24.0 Å². The van der Waals surface area contributed by atoms with Crippen LogP contribution in [0.15, 0.2) is 24.4 Å². The number of anilines is 1. The Kier molecular flexibility index (Phi) is 6.51. The lowest BCUT2D eigenvalue weighted by atomic mass is 9.99. The molecule has 0 bridgehead atoms. The highest BCUT2D eigenvalue weighted by molar-refractivity contribution is 6.02. The summed E-state index contributed by atoms with van der Waals surface area (Å²) in [7, 11) is 0. The van der Waals surface area contributed by atoms with E-state index in [0.717, 1.165) is 63.5 Å². The minimum absolute atomic E-state index is 0.0392. The van der Waals surface area contributed by atoms with Gasteiger partial charge < -0.3 is 19.9 Å². The van der Waals surface area contributed by atoms with Crippen molar-refractivity contribution in [1.29, 1.82) is 0 Å². The SMILES string of the molecule is CC1CN(CC2CCOCC2)CCN1C(=O)N1Cc2c(NC(=O)c3ccccn3)n[nH]c2C1C. The maximum absolute atomic E-state index is 13.5. The summed E-state index contributed by atoms with van der Waals surface area (Å²) in [5.74, 6) is 0.836. The fourth-order valence-corrected chi connectivity index (χ4v) is 5.29. The van der Waals surface area contributed by atoms with Crippen molar-refractivity contribution < 1.29 is 14.3 Å². The molecule has 5 rings (SSSR count). The van der Waals surface area contributed by atoms with Gasteiger partial charge in [-0.05, 0) is 44.7 Å². The molecule has 2 N–H and O–H groups in total. The van der Waals surface area contributed by atoms with Crippen LogP contribution in [0.2, 0.25) is 0 Å². The molecule has 10 nitrogen and oxygen atoms in total. The zero-order valence-electron chi connectivity index (χ0n) is 19.9. The lowest BCUT2D eigenvalue weighted by molar-refractivity contribution is 0.0328. The first kappa shape index (κ1) is 22.8. The number of pyridine rings is 1. The van der Waals surface area contributed by atoms with E-state index in [1.54, 1.807) is 24.4 Å². The molecule has 10 heteroatoms. The lowest BCUT2D eigenvalue weighted by Gasteiger charge is -2.43. The van der Waals surface area contributed by atoms with Gasteiger partial charge in [0.15, 0.2) is 5.82 Å². The fraction of sp³-hybridized carbons (Fsp3) is 0.583. The highest BCUT2D eigenvalue weighted by Gasteiger charge is 2.39. The molecule has 0 aliphatic carbocycles. The van der Waals surface area contributed by atoms with Gasteiger partial charge in [-0.15, -0.1) is 0 Å². The van der Waals surface area contributed by atoms with E-state index in [4.69, 9.17) is 4.74 Å². The summed E-state index contributed by atoms with van der Waals surface area (Å²) in [6, 6.07) is 5.24. The summed E-state index contributed by atoms with van der Waals surface area (Å²) in [6.45, 7) is 9.88. The quantitative estimate of drug-likeness (QED) is 0.716. The number of carbonyl (C=O) groups excluding carboxylic acids is 2. The topological polar surface area (TPSA) is 107 Å². The summed E-state index contributed by atoms with van der Waals surface area (Å²) in [5, 5.41) is 10.2. The summed E-state index contributed by atoms with van der Waals surface area (Å²) in [6.07, 6.45) is 3.84. The smallest absolute Gasteiger partial charge is 0.321 e. The molecule has 3 aliphatic rings. The van der Waals surface area contributed by atoms with Crippen molar-refractivity contribution in [1.82, 2.24) is 29.9 Å². The molecule has 2 aromatic heterocycles. The Morgan fingerprint density at radius 1 is 1.18 bits per heavy atom.